The van der Waals surface area contributed by atoms with Gasteiger partial charge in [-0.3, -0.25) is 4.79 Å². The van der Waals surface area contributed by atoms with Crippen molar-refractivity contribution in [3.8, 4) is 0 Å². The molecule has 5 N–H and O–H groups in total. The third-order valence-electron chi connectivity index (χ3n) is 4.56. The van der Waals surface area contributed by atoms with E-state index in [0.717, 1.165) is 61.8 Å². The molecule has 1 aromatic rings. The zero-order valence-electron chi connectivity index (χ0n) is 12.5. The fourth-order valence-electron chi connectivity index (χ4n) is 3.40. The number of aromatic amines is 1. The van der Waals surface area contributed by atoms with Crippen LogP contribution in [0.3, 0.4) is 0 Å². The summed E-state index contributed by atoms with van der Waals surface area (Å²) < 4.78 is 0. The molecular formula is C16H21ClN4O. The van der Waals surface area contributed by atoms with E-state index in [0.29, 0.717) is 16.7 Å². The summed E-state index contributed by atoms with van der Waals surface area (Å²) in [6.07, 6.45) is 6.24. The van der Waals surface area contributed by atoms with Gasteiger partial charge in [0.15, 0.2) is 0 Å². The molecule has 0 radical (unpaired) electrons. The number of allylic oxidation sites excluding steroid dienone is 1. The molecule has 1 heterocycles. The SMILES string of the molecule is N=C1CCCC/C1=C(\N)NC(=O)C1CCCc2[nH]c(Cl)cc21. The second kappa shape index (κ2) is 6.16. The number of nitrogens with one attached hydrogen (secondary N) is 3. The highest BCUT2D eigenvalue weighted by Gasteiger charge is 2.29. The quantitative estimate of drug-likeness (QED) is 0.674. The maximum atomic E-state index is 12.6. The predicted molar refractivity (Wildman–Crippen MR) is 87.0 cm³/mol. The predicted octanol–water partition coefficient (Wildman–Crippen LogP) is 2.97. The molecule has 1 atom stereocenters. The van der Waals surface area contributed by atoms with Gasteiger partial charge in [-0.05, 0) is 56.6 Å². The average Bonchev–Trinajstić information content (AvgIpc) is 2.87. The number of aryl methyl sites for hydroxylation is 1. The molecular weight excluding hydrogens is 300 g/mol. The van der Waals surface area contributed by atoms with Crippen molar-refractivity contribution in [3.05, 3.63) is 33.9 Å². The minimum Gasteiger partial charge on any atom is -0.385 e. The summed E-state index contributed by atoms with van der Waals surface area (Å²) >= 11 is 6.02. The zero-order chi connectivity index (χ0) is 15.7. The van der Waals surface area contributed by atoms with Crippen LogP contribution in [0.2, 0.25) is 5.15 Å². The number of fused-ring (bicyclic) bond motifs is 1. The standard InChI is InChI=1S/C16H21ClN4O/c17-14-8-11-9(5-3-7-13(11)20-14)16(22)21-15(19)10-4-1-2-6-12(10)18/h8-9,18,20H,1-7,19H2,(H,21,22)/b15-10-,18-12?. The summed E-state index contributed by atoms with van der Waals surface area (Å²) in [6.45, 7) is 0. The van der Waals surface area contributed by atoms with Crippen molar-refractivity contribution in [1.82, 2.24) is 10.3 Å². The minimum atomic E-state index is -0.218. The molecule has 2 aliphatic carbocycles. The highest BCUT2D eigenvalue weighted by atomic mass is 35.5. The summed E-state index contributed by atoms with van der Waals surface area (Å²) in [7, 11) is 0. The number of hydrogen-bond donors (Lipinski definition) is 4. The Hall–Kier alpha value is -1.75. The molecule has 5 nitrogen and oxygen atoms in total. The lowest BCUT2D eigenvalue weighted by Gasteiger charge is -2.23. The van der Waals surface area contributed by atoms with E-state index in [9.17, 15) is 4.79 Å². The first-order chi connectivity index (χ1) is 10.6. The second-order valence-corrected chi connectivity index (χ2v) is 6.47. The van der Waals surface area contributed by atoms with Crippen molar-refractivity contribution < 1.29 is 4.79 Å². The van der Waals surface area contributed by atoms with E-state index >= 15 is 0 Å². The van der Waals surface area contributed by atoms with Gasteiger partial charge in [0.25, 0.3) is 0 Å². The van der Waals surface area contributed by atoms with E-state index in [1.807, 2.05) is 6.07 Å². The fraction of sp³-hybridized carbons (Fsp3) is 0.500. The molecule has 3 rings (SSSR count). The van der Waals surface area contributed by atoms with Gasteiger partial charge in [0, 0.05) is 17.0 Å². The number of nitrogens with two attached hydrogens (primary N) is 1. The first-order valence-electron chi connectivity index (χ1n) is 7.81. The van der Waals surface area contributed by atoms with Crippen LogP contribution in [0.25, 0.3) is 0 Å². The van der Waals surface area contributed by atoms with Crippen LogP contribution in [0.5, 0.6) is 0 Å². The van der Waals surface area contributed by atoms with Crippen LogP contribution in [0.15, 0.2) is 17.5 Å². The molecule has 0 bridgehead atoms. The van der Waals surface area contributed by atoms with Crippen molar-refractivity contribution in [2.75, 3.05) is 0 Å². The summed E-state index contributed by atoms with van der Waals surface area (Å²) in [5.74, 6) is 0.0351. The third kappa shape index (κ3) is 2.90. The van der Waals surface area contributed by atoms with Gasteiger partial charge in [0.2, 0.25) is 5.91 Å². The molecule has 22 heavy (non-hydrogen) atoms. The summed E-state index contributed by atoms with van der Waals surface area (Å²) in [5, 5.41) is 11.4. The Balaban J connectivity index is 1.78. The van der Waals surface area contributed by atoms with E-state index in [2.05, 4.69) is 10.3 Å². The smallest absolute Gasteiger partial charge is 0.233 e. The van der Waals surface area contributed by atoms with Gasteiger partial charge in [-0.2, -0.15) is 0 Å². The van der Waals surface area contributed by atoms with E-state index in [-0.39, 0.29) is 11.8 Å². The molecule has 1 fully saturated rings. The molecule has 1 unspecified atom stereocenters. The lowest BCUT2D eigenvalue weighted by Crippen LogP contribution is -2.35. The monoisotopic (exact) mass is 320 g/mol. The lowest BCUT2D eigenvalue weighted by molar-refractivity contribution is -0.122. The molecule has 6 heteroatoms. The van der Waals surface area contributed by atoms with Crippen molar-refractivity contribution in [3.63, 3.8) is 0 Å². The highest BCUT2D eigenvalue weighted by Crippen LogP contribution is 2.33. The highest BCUT2D eigenvalue weighted by molar-refractivity contribution is 6.29. The van der Waals surface area contributed by atoms with E-state index in [4.69, 9.17) is 22.7 Å². The van der Waals surface area contributed by atoms with Crippen LogP contribution >= 0.6 is 11.6 Å². The number of carbonyl (C=O) groups is 1. The molecule has 0 aromatic carbocycles. The number of hydrogen-bond acceptors (Lipinski definition) is 3. The first kappa shape index (κ1) is 15.2. The fourth-order valence-corrected chi connectivity index (χ4v) is 3.63. The first-order valence-corrected chi connectivity index (χ1v) is 8.18. The molecule has 1 amide bonds. The number of aromatic nitrogens is 1. The van der Waals surface area contributed by atoms with Crippen LogP contribution in [0.1, 0.15) is 55.7 Å². The van der Waals surface area contributed by atoms with Crippen LogP contribution in [-0.4, -0.2) is 16.6 Å². The van der Waals surface area contributed by atoms with Crippen LogP contribution in [0, 0.1) is 5.41 Å². The molecule has 118 valence electrons. The van der Waals surface area contributed by atoms with Gasteiger partial charge >= 0.3 is 0 Å². The molecule has 0 saturated heterocycles. The van der Waals surface area contributed by atoms with Crippen LogP contribution in [-0.2, 0) is 11.2 Å². The third-order valence-corrected chi connectivity index (χ3v) is 4.77. The Labute approximate surface area is 134 Å². The Bertz CT molecular complexity index is 647. The summed E-state index contributed by atoms with van der Waals surface area (Å²) in [5.41, 5.74) is 9.42. The van der Waals surface area contributed by atoms with Gasteiger partial charge in [-0.1, -0.05) is 11.6 Å². The Morgan fingerprint density at radius 2 is 2.09 bits per heavy atom. The number of H-pyrrole nitrogens is 1. The minimum absolute atomic E-state index is 0.0972. The van der Waals surface area contributed by atoms with Crippen LogP contribution < -0.4 is 11.1 Å². The molecule has 1 saturated carbocycles. The Morgan fingerprint density at radius 1 is 1.32 bits per heavy atom. The molecule has 0 spiro atoms. The maximum absolute atomic E-state index is 12.6. The van der Waals surface area contributed by atoms with Crippen molar-refractivity contribution in [2.24, 2.45) is 5.73 Å². The van der Waals surface area contributed by atoms with Crippen molar-refractivity contribution >= 4 is 23.2 Å². The lowest BCUT2D eigenvalue weighted by atomic mass is 9.86. The van der Waals surface area contributed by atoms with Gasteiger partial charge in [-0.25, -0.2) is 0 Å². The molecule has 1 aromatic heterocycles. The Morgan fingerprint density at radius 3 is 2.86 bits per heavy atom. The molecule has 2 aliphatic rings. The van der Waals surface area contributed by atoms with Crippen molar-refractivity contribution in [1.29, 1.82) is 5.41 Å². The normalized spacial score (nSPS) is 23.9. The van der Waals surface area contributed by atoms with Gasteiger partial charge < -0.3 is 21.4 Å². The average molecular weight is 321 g/mol. The van der Waals surface area contributed by atoms with E-state index in [1.165, 1.54) is 0 Å². The van der Waals surface area contributed by atoms with Gasteiger partial charge in [0.05, 0.1) is 5.92 Å². The second-order valence-electron chi connectivity index (χ2n) is 6.06. The number of amides is 1. The molecule has 0 aliphatic heterocycles. The number of rotatable bonds is 2. The number of halogens is 1. The topological polar surface area (TPSA) is 94.8 Å². The van der Waals surface area contributed by atoms with E-state index < -0.39 is 0 Å². The summed E-state index contributed by atoms with van der Waals surface area (Å²) in [6, 6.07) is 1.84. The van der Waals surface area contributed by atoms with Crippen molar-refractivity contribution in [2.45, 2.75) is 50.9 Å². The Kier molecular flexibility index (Phi) is 4.25. The number of carbonyl (C=O) groups excluding carboxylic acids is 1. The summed E-state index contributed by atoms with van der Waals surface area (Å²) in [4.78, 5) is 15.7. The van der Waals surface area contributed by atoms with Gasteiger partial charge in [-0.15, -0.1) is 0 Å². The zero-order valence-corrected chi connectivity index (χ0v) is 13.2. The van der Waals surface area contributed by atoms with E-state index in [1.54, 1.807) is 0 Å². The van der Waals surface area contributed by atoms with Crippen LogP contribution in [0.4, 0.5) is 0 Å². The van der Waals surface area contributed by atoms with Gasteiger partial charge in [0.1, 0.15) is 11.0 Å². The maximum Gasteiger partial charge on any atom is 0.233 e. The largest absolute Gasteiger partial charge is 0.385 e.